The number of phenolic OH excluding ortho intramolecular Hbond substituents is 1. The fourth-order valence-corrected chi connectivity index (χ4v) is 2.67. The van der Waals surface area contributed by atoms with Gasteiger partial charge in [-0.15, -0.1) is 23.2 Å². The van der Waals surface area contributed by atoms with Gasteiger partial charge in [0.25, 0.3) is 0 Å². The monoisotopic (exact) mass is 338 g/mol. The van der Waals surface area contributed by atoms with Crippen molar-refractivity contribution in [3.63, 3.8) is 0 Å². The van der Waals surface area contributed by atoms with Crippen LogP contribution in [0.5, 0.6) is 11.5 Å². The van der Waals surface area contributed by atoms with Gasteiger partial charge in [-0.1, -0.05) is 43.7 Å². The highest BCUT2D eigenvalue weighted by atomic mass is 35.5. The Morgan fingerprint density at radius 2 is 1.77 bits per heavy atom. The summed E-state index contributed by atoms with van der Waals surface area (Å²) in [4.78, 5) is 0. The van der Waals surface area contributed by atoms with Crippen LogP contribution in [0.15, 0.2) is 48.5 Å². The zero-order valence-electron chi connectivity index (χ0n) is 12.5. The van der Waals surface area contributed by atoms with E-state index in [-0.39, 0.29) is 16.5 Å². The average molecular weight is 339 g/mol. The van der Waals surface area contributed by atoms with Crippen molar-refractivity contribution in [3.8, 4) is 22.6 Å². The number of phenols is 1. The van der Waals surface area contributed by atoms with Crippen molar-refractivity contribution in [2.75, 3.05) is 6.61 Å². The molecule has 0 heterocycles. The van der Waals surface area contributed by atoms with Gasteiger partial charge in [-0.3, -0.25) is 0 Å². The number of benzene rings is 2. The summed E-state index contributed by atoms with van der Waals surface area (Å²) in [6.45, 7) is 2.42. The second-order valence-corrected chi connectivity index (χ2v) is 6.30. The van der Waals surface area contributed by atoms with Gasteiger partial charge in [0.05, 0.1) is 10.8 Å². The summed E-state index contributed by atoms with van der Waals surface area (Å²) in [5.74, 6) is 0.893. The van der Waals surface area contributed by atoms with Gasteiger partial charge in [0.2, 0.25) is 0 Å². The van der Waals surface area contributed by atoms with Crippen LogP contribution in [0.4, 0.5) is 0 Å². The van der Waals surface area contributed by atoms with Crippen molar-refractivity contribution in [1.29, 1.82) is 0 Å². The molecule has 2 unspecified atom stereocenters. The minimum atomic E-state index is -0.240. The van der Waals surface area contributed by atoms with Crippen LogP contribution >= 0.6 is 23.2 Å². The Bertz CT molecular complexity index is 587. The Hall–Kier alpha value is -1.38. The van der Waals surface area contributed by atoms with E-state index in [4.69, 9.17) is 27.9 Å². The maximum atomic E-state index is 10.0. The topological polar surface area (TPSA) is 29.5 Å². The van der Waals surface area contributed by atoms with E-state index >= 15 is 0 Å². The first-order valence-electron chi connectivity index (χ1n) is 7.41. The number of aromatic hydroxyl groups is 1. The van der Waals surface area contributed by atoms with Crippen LogP contribution in [0.1, 0.15) is 19.8 Å². The van der Waals surface area contributed by atoms with Crippen LogP contribution in [0, 0.1) is 0 Å². The first-order valence-corrected chi connectivity index (χ1v) is 8.28. The van der Waals surface area contributed by atoms with E-state index in [1.807, 2.05) is 36.4 Å². The van der Waals surface area contributed by atoms with Crippen LogP contribution in [0.3, 0.4) is 0 Å². The summed E-state index contributed by atoms with van der Waals surface area (Å²) < 4.78 is 5.72. The minimum absolute atomic E-state index is 0.0997. The molecule has 0 aliphatic rings. The summed E-state index contributed by atoms with van der Waals surface area (Å²) >= 11 is 12.4. The number of hydrogen-bond donors (Lipinski definition) is 1. The summed E-state index contributed by atoms with van der Waals surface area (Å²) in [6.07, 6.45) is 1.86. The van der Waals surface area contributed by atoms with Crippen molar-refractivity contribution >= 4 is 23.2 Å². The average Bonchev–Trinajstić information content (AvgIpc) is 2.54. The molecule has 0 saturated carbocycles. The van der Waals surface area contributed by atoms with E-state index in [9.17, 15) is 5.11 Å². The first kappa shape index (κ1) is 17.0. The lowest BCUT2D eigenvalue weighted by Crippen LogP contribution is -2.22. The highest BCUT2D eigenvalue weighted by Gasteiger charge is 2.17. The summed E-state index contributed by atoms with van der Waals surface area (Å²) in [7, 11) is 0. The van der Waals surface area contributed by atoms with Gasteiger partial charge in [-0.05, 0) is 30.2 Å². The minimum Gasteiger partial charge on any atom is -0.507 e. The number of ether oxygens (including phenoxy) is 1. The van der Waals surface area contributed by atoms with Gasteiger partial charge >= 0.3 is 0 Å². The fourth-order valence-electron chi connectivity index (χ4n) is 2.19. The van der Waals surface area contributed by atoms with Crippen LogP contribution in [-0.4, -0.2) is 22.5 Å². The molecule has 0 bridgehead atoms. The molecule has 0 amide bonds. The third kappa shape index (κ3) is 4.56. The van der Waals surface area contributed by atoms with Gasteiger partial charge < -0.3 is 9.84 Å². The Kier molecular flexibility index (Phi) is 6.41. The van der Waals surface area contributed by atoms with Gasteiger partial charge in [-0.25, -0.2) is 0 Å². The summed E-state index contributed by atoms with van der Waals surface area (Å²) in [6, 6.07) is 14.9. The second kappa shape index (κ2) is 8.30. The molecule has 0 radical (unpaired) electrons. The molecule has 2 aromatic rings. The Balaban J connectivity index is 2.07. The van der Waals surface area contributed by atoms with Crippen LogP contribution in [-0.2, 0) is 0 Å². The van der Waals surface area contributed by atoms with Crippen molar-refractivity contribution in [3.05, 3.63) is 48.5 Å². The number of alkyl halides is 2. The van der Waals surface area contributed by atoms with E-state index in [2.05, 4.69) is 6.92 Å². The molecule has 2 nitrogen and oxygen atoms in total. The zero-order valence-corrected chi connectivity index (χ0v) is 14.0. The largest absolute Gasteiger partial charge is 0.507 e. The quantitative estimate of drug-likeness (QED) is 0.680. The van der Waals surface area contributed by atoms with Crippen molar-refractivity contribution in [2.45, 2.75) is 30.5 Å². The molecular weight excluding hydrogens is 319 g/mol. The predicted molar refractivity (Wildman–Crippen MR) is 93.2 cm³/mol. The summed E-state index contributed by atoms with van der Waals surface area (Å²) in [5, 5.41) is 9.68. The Morgan fingerprint density at radius 1 is 1.05 bits per heavy atom. The maximum absolute atomic E-state index is 10.0. The van der Waals surface area contributed by atoms with E-state index in [1.54, 1.807) is 12.1 Å². The van der Waals surface area contributed by atoms with E-state index in [0.29, 0.717) is 12.4 Å². The molecular formula is C18H20Cl2O2. The highest BCUT2D eigenvalue weighted by molar-refractivity contribution is 6.30. The lowest BCUT2D eigenvalue weighted by molar-refractivity contribution is 0.309. The molecule has 2 rings (SSSR count). The Labute approximate surface area is 141 Å². The molecule has 0 spiro atoms. The molecule has 0 aliphatic heterocycles. The van der Waals surface area contributed by atoms with Crippen molar-refractivity contribution in [2.24, 2.45) is 0 Å². The second-order valence-electron chi connectivity index (χ2n) is 5.18. The van der Waals surface area contributed by atoms with Crippen LogP contribution in [0.2, 0.25) is 0 Å². The molecule has 0 fully saturated rings. The lowest BCUT2D eigenvalue weighted by atomic mass is 10.0. The molecule has 2 atom stereocenters. The highest BCUT2D eigenvalue weighted by Crippen LogP contribution is 2.32. The van der Waals surface area contributed by atoms with Gasteiger partial charge in [0, 0.05) is 5.56 Å². The molecule has 22 heavy (non-hydrogen) atoms. The van der Waals surface area contributed by atoms with Gasteiger partial charge in [0.15, 0.2) is 0 Å². The lowest BCUT2D eigenvalue weighted by Gasteiger charge is -2.16. The fraction of sp³-hybridized carbons (Fsp3) is 0.333. The van der Waals surface area contributed by atoms with Crippen LogP contribution < -0.4 is 4.74 Å². The van der Waals surface area contributed by atoms with Crippen molar-refractivity contribution in [1.82, 2.24) is 0 Å². The molecule has 0 aliphatic carbocycles. The smallest absolute Gasteiger partial charge is 0.123 e. The van der Waals surface area contributed by atoms with E-state index in [0.717, 1.165) is 24.0 Å². The maximum Gasteiger partial charge on any atom is 0.123 e. The zero-order chi connectivity index (χ0) is 15.9. The standard InChI is InChI=1S/C18H20Cl2O2/c1-2-6-16(19)17(20)12-22-14-9-10-18(21)15(11-14)13-7-4-3-5-8-13/h3-5,7-11,16-17,21H,2,6,12H2,1H3. The molecule has 0 saturated heterocycles. The number of halogens is 2. The van der Waals surface area contributed by atoms with E-state index in [1.165, 1.54) is 0 Å². The number of rotatable bonds is 7. The third-order valence-corrected chi connectivity index (χ3v) is 4.50. The molecule has 1 N–H and O–H groups in total. The first-order chi connectivity index (χ1) is 10.6. The molecule has 4 heteroatoms. The SMILES string of the molecule is CCCC(Cl)C(Cl)COc1ccc(O)c(-c2ccccc2)c1. The number of hydrogen-bond acceptors (Lipinski definition) is 2. The summed E-state index contributed by atoms with van der Waals surface area (Å²) in [5.41, 5.74) is 1.68. The Morgan fingerprint density at radius 3 is 2.45 bits per heavy atom. The molecule has 0 aromatic heterocycles. The van der Waals surface area contributed by atoms with Gasteiger partial charge in [-0.2, -0.15) is 0 Å². The molecule has 118 valence electrons. The predicted octanol–water partition coefficient (Wildman–Crippen LogP) is 5.45. The van der Waals surface area contributed by atoms with Crippen molar-refractivity contribution < 1.29 is 9.84 Å². The van der Waals surface area contributed by atoms with Crippen LogP contribution in [0.25, 0.3) is 11.1 Å². The van der Waals surface area contributed by atoms with Gasteiger partial charge in [0.1, 0.15) is 18.1 Å². The normalized spacial score (nSPS) is 13.6. The molecule has 2 aromatic carbocycles. The third-order valence-electron chi connectivity index (χ3n) is 3.42. The van der Waals surface area contributed by atoms with E-state index < -0.39 is 0 Å².